The molecule has 0 bridgehead atoms. The summed E-state index contributed by atoms with van der Waals surface area (Å²) in [6, 6.07) is 2.73. The van der Waals surface area contributed by atoms with E-state index in [1.54, 1.807) is 0 Å². The van der Waals surface area contributed by atoms with Crippen molar-refractivity contribution < 1.29 is 22.7 Å². The molecule has 0 spiro atoms. The van der Waals surface area contributed by atoms with Crippen LogP contribution >= 0.6 is 34.8 Å². The summed E-state index contributed by atoms with van der Waals surface area (Å²) in [5.74, 6) is -1.39. The first-order valence-electron chi connectivity index (χ1n) is 4.55. The number of hydrogen-bond donors (Lipinski definition) is 0. The van der Waals surface area contributed by atoms with Gasteiger partial charge in [0.2, 0.25) is 0 Å². The molecule has 0 aromatic heterocycles. The number of alkyl halides is 3. The van der Waals surface area contributed by atoms with Gasteiger partial charge in [0.15, 0.2) is 0 Å². The highest BCUT2D eigenvalue weighted by Crippen LogP contribution is 2.30. The van der Waals surface area contributed by atoms with Crippen LogP contribution in [-0.4, -0.2) is 12.1 Å². The molecule has 8 heteroatoms. The van der Waals surface area contributed by atoms with E-state index in [0.29, 0.717) is 0 Å². The Kier molecular flexibility index (Phi) is 5.13. The highest BCUT2D eigenvalue weighted by molar-refractivity contribution is 6.43. The van der Waals surface area contributed by atoms with Crippen LogP contribution < -0.4 is 0 Å². The number of carbonyl (C=O) groups excluding carboxylic acids is 1. The third kappa shape index (κ3) is 4.92. The first-order chi connectivity index (χ1) is 8.19. The fourth-order valence-electron chi connectivity index (χ4n) is 1.09. The molecule has 18 heavy (non-hydrogen) atoms. The van der Waals surface area contributed by atoms with Crippen molar-refractivity contribution in [2.75, 3.05) is 0 Å². The van der Waals surface area contributed by atoms with E-state index in [9.17, 15) is 18.0 Å². The topological polar surface area (TPSA) is 26.3 Å². The molecule has 2 nitrogen and oxygen atoms in total. The Morgan fingerprint density at radius 2 is 1.83 bits per heavy atom. The minimum Gasteiger partial charge on any atom is -0.460 e. The second-order valence-electron chi connectivity index (χ2n) is 3.31. The highest BCUT2D eigenvalue weighted by atomic mass is 35.5. The molecule has 0 saturated carbocycles. The number of esters is 1. The lowest BCUT2D eigenvalue weighted by Gasteiger charge is -2.09. The molecule has 0 amide bonds. The van der Waals surface area contributed by atoms with Crippen molar-refractivity contribution in [3.63, 3.8) is 0 Å². The number of rotatable bonds is 3. The molecule has 0 unspecified atom stereocenters. The Balaban J connectivity index is 2.67. The quantitative estimate of drug-likeness (QED) is 0.599. The van der Waals surface area contributed by atoms with E-state index in [1.165, 1.54) is 12.1 Å². The van der Waals surface area contributed by atoms with Gasteiger partial charge in [0.05, 0.1) is 10.0 Å². The largest absolute Gasteiger partial charge is 0.460 e. The molecule has 0 saturated heterocycles. The van der Waals surface area contributed by atoms with Crippen LogP contribution in [0.5, 0.6) is 0 Å². The molecule has 1 rings (SSSR count). The first-order valence-corrected chi connectivity index (χ1v) is 5.68. The van der Waals surface area contributed by atoms with E-state index >= 15 is 0 Å². The number of ether oxygens (including phenoxy) is 1. The zero-order valence-electron chi connectivity index (χ0n) is 8.65. The Bertz CT molecular complexity index is 460. The van der Waals surface area contributed by atoms with E-state index in [0.717, 1.165) is 0 Å². The maximum Gasteiger partial charge on any atom is 0.399 e. The van der Waals surface area contributed by atoms with Crippen molar-refractivity contribution in [2.45, 2.75) is 19.2 Å². The van der Waals surface area contributed by atoms with Crippen molar-refractivity contribution in [1.29, 1.82) is 0 Å². The molecule has 0 atom stereocenters. The second-order valence-corrected chi connectivity index (χ2v) is 4.53. The molecule has 0 radical (unpaired) electrons. The van der Waals surface area contributed by atoms with Crippen LogP contribution in [0.3, 0.4) is 0 Å². The van der Waals surface area contributed by atoms with Gasteiger partial charge >= 0.3 is 12.1 Å². The molecule has 0 aliphatic heterocycles. The van der Waals surface area contributed by atoms with Crippen molar-refractivity contribution in [3.05, 3.63) is 32.8 Å². The lowest BCUT2D eigenvalue weighted by molar-refractivity contribution is -0.172. The van der Waals surface area contributed by atoms with Crippen LogP contribution in [-0.2, 0) is 16.1 Å². The lowest BCUT2D eigenvalue weighted by atomic mass is 10.2. The van der Waals surface area contributed by atoms with Crippen LogP contribution in [0.4, 0.5) is 13.2 Å². The van der Waals surface area contributed by atoms with Gasteiger partial charge in [-0.15, -0.1) is 0 Å². The lowest BCUT2D eigenvalue weighted by Crippen LogP contribution is -2.17. The minimum absolute atomic E-state index is 0.0841. The van der Waals surface area contributed by atoms with Gasteiger partial charge in [-0.3, -0.25) is 4.79 Å². The zero-order valence-corrected chi connectivity index (χ0v) is 10.9. The average Bonchev–Trinajstić information content (AvgIpc) is 2.18. The summed E-state index contributed by atoms with van der Waals surface area (Å²) in [6.07, 6.45) is -6.26. The predicted octanol–water partition coefficient (Wildman–Crippen LogP) is 4.64. The van der Waals surface area contributed by atoms with Crippen LogP contribution in [0.2, 0.25) is 15.1 Å². The van der Waals surface area contributed by atoms with Gasteiger partial charge in [-0.25, -0.2) is 0 Å². The molecule has 0 fully saturated rings. The van der Waals surface area contributed by atoms with Crippen LogP contribution in [0.1, 0.15) is 12.0 Å². The molecule has 1 aromatic carbocycles. The van der Waals surface area contributed by atoms with E-state index in [4.69, 9.17) is 34.8 Å². The molecular formula is C10H6Cl3F3O2. The monoisotopic (exact) mass is 320 g/mol. The van der Waals surface area contributed by atoms with E-state index in [1.807, 2.05) is 0 Å². The summed E-state index contributed by atoms with van der Waals surface area (Å²) in [5, 5.41) is 0.457. The van der Waals surface area contributed by atoms with Crippen LogP contribution in [0.15, 0.2) is 12.1 Å². The zero-order chi connectivity index (χ0) is 13.9. The predicted molar refractivity (Wildman–Crippen MR) is 61.9 cm³/mol. The summed E-state index contributed by atoms with van der Waals surface area (Å²) < 4.78 is 40.0. The smallest absolute Gasteiger partial charge is 0.399 e. The van der Waals surface area contributed by atoms with Crippen LogP contribution in [0, 0.1) is 0 Å². The van der Waals surface area contributed by atoms with Crippen molar-refractivity contribution >= 4 is 40.8 Å². The fraction of sp³-hybridized carbons (Fsp3) is 0.300. The SMILES string of the molecule is O=C(CC(F)(F)F)OCc1cc(Cl)cc(Cl)c1Cl. The Morgan fingerprint density at radius 1 is 1.22 bits per heavy atom. The maximum absolute atomic E-state index is 11.9. The van der Waals surface area contributed by atoms with E-state index < -0.39 is 25.2 Å². The third-order valence-electron chi connectivity index (χ3n) is 1.80. The summed E-state index contributed by atoms with van der Waals surface area (Å²) in [4.78, 5) is 10.9. The molecule has 0 heterocycles. The number of carbonyl (C=O) groups is 1. The molecule has 0 N–H and O–H groups in total. The fourth-order valence-corrected chi connectivity index (χ4v) is 1.79. The van der Waals surface area contributed by atoms with E-state index in [-0.39, 0.29) is 20.6 Å². The van der Waals surface area contributed by atoms with Gasteiger partial charge in [-0.1, -0.05) is 34.8 Å². The normalized spacial score (nSPS) is 11.4. The number of benzene rings is 1. The Labute approximate surface area is 116 Å². The second kappa shape index (κ2) is 5.99. The van der Waals surface area contributed by atoms with E-state index in [2.05, 4.69) is 4.74 Å². The number of hydrogen-bond acceptors (Lipinski definition) is 2. The van der Waals surface area contributed by atoms with Crippen molar-refractivity contribution in [3.8, 4) is 0 Å². The Morgan fingerprint density at radius 3 is 2.39 bits per heavy atom. The minimum atomic E-state index is -4.60. The van der Waals surface area contributed by atoms with Crippen molar-refractivity contribution in [1.82, 2.24) is 0 Å². The highest BCUT2D eigenvalue weighted by Gasteiger charge is 2.32. The van der Waals surface area contributed by atoms with Gasteiger partial charge in [0, 0.05) is 10.6 Å². The van der Waals surface area contributed by atoms with Gasteiger partial charge in [0.1, 0.15) is 13.0 Å². The summed E-state index contributed by atoms with van der Waals surface area (Å²) in [5.41, 5.74) is 0.240. The van der Waals surface area contributed by atoms with Gasteiger partial charge in [0.25, 0.3) is 0 Å². The van der Waals surface area contributed by atoms with Crippen molar-refractivity contribution in [2.24, 2.45) is 0 Å². The average molecular weight is 322 g/mol. The standard InChI is InChI=1S/C10H6Cl3F3O2/c11-6-1-5(9(13)7(12)2-6)4-18-8(17)3-10(14,15)16/h1-2H,3-4H2. The summed E-state index contributed by atoms with van der Waals surface area (Å²) >= 11 is 17.2. The molecule has 1 aromatic rings. The molecule has 0 aliphatic rings. The Hall–Kier alpha value is -0.650. The van der Waals surface area contributed by atoms with Gasteiger partial charge < -0.3 is 4.74 Å². The third-order valence-corrected chi connectivity index (χ3v) is 2.86. The number of halogens is 6. The van der Waals surface area contributed by atoms with Crippen LogP contribution in [0.25, 0.3) is 0 Å². The van der Waals surface area contributed by atoms with Gasteiger partial charge in [-0.2, -0.15) is 13.2 Å². The molecule has 0 aliphatic carbocycles. The summed E-state index contributed by atoms with van der Waals surface area (Å²) in [7, 11) is 0. The maximum atomic E-state index is 11.9. The first kappa shape index (κ1) is 15.4. The molecular weight excluding hydrogens is 315 g/mol. The van der Waals surface area contributed by atoms with Gasteiger partial charge in [-0.05, 0) is 12.1 Å². The summed E-state index contributed by atoms with van der Waals surface area (Å²) in [6.45, 7) is -0.423. The molecule has 100 valence electrons.